The molecule has 420 valence electrons. The summed E-state index contributed by atoms with van der Waals surface area (Å²) in [6.45, 7) is 19.7. The number of carbonyl (C=O) groups excluding carboxylic acids is 3. The van der Waals surface area contributed by atoms with E-state index in [2.05, 4.69) is 68.0 Å². The Hall–Kier alpha value is -7.36. The molecule has 6 aromatic carbocycles. The molecular formula is C66H77N3O10Si. The predicted octanol–water partition coefficient (Wildman–Crippen LogP) is 12.8. The van der Waals surface area contributed by atoms with Gasteiger partial charge in [0.25, 0.3) is 0 Å². The van der Waals surface area contributed by atoms with E-state index in [9.17, 15) is 29.4 Å². The second kappa shape index (κ2) is 25.4. The van der Waals surface area contributed by atoms with Crippen molar-refractivity contribution in [2.24, 2.45) is 5.92 Å². The lowest BCUT2D eigenvalue weighted by Crippen LogP contribution is -2.45. The summed E-state index contributed by atoms with van der Waals surface area (Å²) in [7, 11) is -2.48. The number of rotatable bonds is 21. The van der Waals surface area contributed by atoms with Crippen LogP contribution in [0.25, 0.3) is 10.9 Å². The molecule has 1 aromatic heterocycles. The zero-order chi connectivity index (χ0) is 57.2. The number of pyridine rings is 1. The number of hydrogen-bond acceptors (Lipinski definition) is 11. The fraction of sp³-hybridized carbons (Fsp3) is 0.364. The van der Waals surface area contributed by atoms with Crippen LogP contribution >= 0.6 is 0 Å². The number of phenols is 1. The number of likely N-dealkylation sites (tertiary alicyclic amines) is 1. The van der Waals surface area contributed by atoms with Gasteiger partial charge in [-0.1, -0.05) is 148 Å². The Bertz CT molecular complexity index is 3260. The number of ketones is 1. The number of piperidine rings is 1. The molecule has 2 atom stereocenters. The molecule has 7 aromatic rings. The number of aromatic amines is 1. The standard InChI is InChI=1S/C66H77N3O10Si/c1-64(2,3)78-63(74)69(43-59(79-80(7,8)65(4,5)6)55-32-35-58(71)61-56(55)33-36-60(72)67-61)42-48-23-26-51(27-24-48)57(70)34-25-46-19-21-49(22-20-46)44-76-54-30-28-53(29-31-54)66(75,52-17-13-10-14-18-52)62(73)77-45-50-37-39-68(40-38-50)41-47-15-11-9-12-16-47/h9-24,26-33,35-36,50,59,71,75H,25,34,37-45H2,1-8H3,(H,67,72)/t59-,66?/m0/s1. The predicted molar refractivity (Wildman–Crippen MR) is 315 cm³/mol. The van der Waals surface area contributed by atoms with Crippen molar-refractivity contribution in [3.05, 3.63) is 213 Å². The van der Waals surface area contributed by atoms with Crippen molar-refractivity contribution in [1.29, 1.82) is 0 Å². The molecule has 1 fully saturated rings. The van der Waals surface area contributed by atoms with Gasteiger partial charge in [-0.3, -0.25) is 14.5 Å². The number of hydrogen-bond donors (Lipinski definition) is 3. The number of amides is 1. The van der Waals surface area contributed by atoms with Gasteiger partial charge in [0.1, 0.15) is 23.7 Å². The third-order valence-corrected chi connectivity index (χ3v) is 19.9. The second-order valence-corrected chi connectivity index (χ2v) is 28.4. The molecule has 1 unspecified atom stereocenters. The van der Waals surface area contributed by atoms with E-state index < -0.39 is 37.7 Å². The molecule has 8 rings (SSSR count). The molecule has 13 nitrogen and oxygen atoms in total. The summed E-state index contributed by atoms with van der Waals surface area (Å²) in [6, 6.07) is 47.8. The fourth-order valence-electron chi connectivity index (χ4n) is 9.71. The number of fused-ring (bicyclic) bond motifs is 1. The van der Waals surface area contributed by atoms with Gasteiger partial charge in [0.05, 0.1) is 24.8 Å². The molecule has 0 aliphatic carbocycles. The Balaban J connectivity index is 0.858. The number of nitrogens with zero attached hydrogens (tertiary/aromatic N) is 2. The largest absolute Gasteiger partial charge is 0.506 e. The minimum Gasteiger partial charge on any atom is -0.506 e. The number of aliphatic hydroxyl groups is 1. The third-order valence-electron chi connectivity index (χ3n) is 15.4. The highest BCUT2D eigenvalue weighted by Gasteiger charge is 2.43. The Labute approximate surface area is 471 Å². The third kappa shape index (κ3) is 15.1. The molecule has 0 spiro atoms. The van der Waals surface area contributed by atoms with Crippen molar-refractivity contribution in [3.8, 4) is 11.5 Å². The summed E-state index contributed by atoms with van der Waals surface area (Å²) in [5.41, 5.74) is 3.23. The van der Waals surface area contributed by atoms with Crippen molar-refractivity contribution in [2.45, 2.75) is 122 Å². The highest BCUT2D eigenvalue weighted by atomic mass is 28.4. The number of nitrogens with one attached hydrogen (secondary N) is 1. The summed E-state index contributed by atoms with van der Waals surface area (Å²) in [4.78, 5) is 60.6. The van der Waals surface area contributed by atoms with Crippen molar-refractivity contribution in [1.82, 2.24) is 14.8 Å². The summed E-state index contributed by atoms with van der Waals surface area (Å²) >= 11 is 0. The maximum absolute atomic E-state index is 14.1. The van der Waals surface area contributed by atoms with Crippen molar-refractivity contribution >= 4 is 37.1 Å². The number of phenolic OH excluding ortho intramolecular Hbond substituents is 1. The van der Waals surface area contributed by atoms with E-state index in [1.54, 1.807) is 77.7 Å². The Morgan fingerprint density at radius 2 is 1.34 bits per heavy atom. The molecule has 2 heterocycles. The molecule has 1 aliphatic heterocycles. The molecule has 0 saturated carbocycles. The zero-order valence-corrected chi connectivity index (χ0v) is 48.5. The maximum atomic E-state index is 14.1. The smallest absolute Gasteiger partial charge is 0.410 e. The van der Waals surface area contributed by atoms with Crippen LogP contribution in [-0.2, 0) is 50.4 Å². The molecule has 0 radical (unpaired) electrons. The fourth-order valence-corrected chi connectivity index (χ4v) is 11.0. The van der Waals surface area contributed by atoms with Crippen LogP contribution in [0, 0.1) is 5.92 Å². The van der Waals surface area contributed by atoms with E-state index in [4.69, 9.17) is 18.6 Å². The summed E-state index contributed by atoms with van der Waals surface area (Å²) in [5.74, 6) is -0.0111. The zero-order valence-electron chi connectivity index (χ0n) is 47.5. The topological polar surface area (TPSA) is 168 Å². The SMILES string of the molecule is CC(C)(C)OC(=O)N(Cc1ccc(C(=O)CCc2ccc(COc3ccc(C(O)(C(=O)OCC4CCN(Cc5ccccc5)CC4)c4ccccc4)cc3)cc2)cc1)C[C@H](O[Si](C)(C)C(C)(C)C)c1ccc(O)c2[nH]c(=O)ccc12. The van der Waals surface area contributed by atoms with Crippen LogP contribution in [0.1, 0.15) is 116 Å². The molecule has 1 amide bonds. The van der Waals surface area contributed by atoms with E-state index in [-0.39, 0.29) is 54.4 Å². The number of benzene rings is 6. The minimum atomic E-state index is -2.48. The number of aryl methyl sites for hydroxylation is 1. The number of ether oxygens (including phenoxy) is 3. The van der Waals surface area contributed by atoms with Crippen LogP contribution in [0.4, 0.5) is 4.79 Å². The normalized spacial score (nSPS) is 14.7. The van der Waals surface area contributed by atoms with Gasteiger partial charge in [-0.2, -0.15) is 0 Å². The quantitative estimate of drug-likeness (QED) is 0.0356. The van der Waals surface area contributed by atoms with Gasteiger partial charge in [-0.25, -0.2) is 9.59 Å². The Morgan fingerprint density at radius 1 is 0.725 bits per heavy atom. The first kappa shape index (κ1) is 58.8. The van der Waals surface area contributed by atoms with Gasteiger partial charge in [-0.05, 0) is 140 Å². The summed E-state index contributed by atoms with van der Waals surface area (Å²) in [5, 5.41) is 23.4. The molecular weight excluding hydrogens is 1020 g/mol. The van der Waals surface area contributed by atoms with E-state index in [1.165, 1.54) is 17.7 Å². The van der Waals surface area contributed by atoms with Crippen molar-refractivity contribution < 1.29 is 43.2 Å². The summed E-state index contributed by atoms with van der Waals surface area (Å²) in [6.07, 6.45) is 1.46. The first-order valence-electron chi connectivity index (χ1n) is 27.7. The van der Waals surface area contributed by atoms with Crippen LogP contribution in [-0.4, -0.2) is 83.0 Å². The van der Waals surface area contributed by atoms with Crippen molar-refractivity contribution in [2.75, 3.05) is 26.2 Å². The average Bonchev–Trinajstić information content (AvgIpc) is 3.46. The maximum Gasteiger partial charge on any atom is 0.410 e. The number of H-pyrrole nitrogens is 1. The van der Waals surface area contributed by atoms with Gasteiger partial charge in [-0.15, -0.1) is 0 Å². The van der Waals surface area contributed by atoms with E-state index in [1.807, 2.05) is 69.3 Å². The number of esters is 1. The number of carbonyl (C=O) groups is 3. The van der Waals surface area contributed by atoms with Gasteiger partial charge in [0.15, 0.2) is 14.1 Å². The lowest BCUT2D eigenvalue weighted by Gasteiger charge is -2.41. The van der Waals surface area contributed by atoms with Crippen LogP contribution in [0.15, 0.2) is 163 Å². The van der Waals surface area contributed by atoms with Gasteiger partial charge < -0.3 is 38.7 Å². The van der Waals surface area contributed by atoms with E-state index in [0.29, 0.717) is 51.7 Å². The van der Waals surface area contributed by atoms with E-state index in [0.717, 1.165) is 49.2 Å². The molecule has 14 heteroatoms. The molecule has 3 N–H and O–H groups in total. The highest BCUT2D eigenvalue weighted by molar-refractivity contribution is 6.74. The first-order chi connectivity index (χ1) is 38.0. The molecule has 0 bridgehead atoms. The summed E-state index contributed by atoms with van der Waals surface area (Å²) < 4.78 is 25.1. The van der Waals surface area contributed by atoms with E-state index >= 15 is 0 Å². The molecule has 1 aliphatic rings. The monoisotopic (exact) mass is 1100 g/mol. The lowest BCUT2D eigenvalue weighted by atomic mass is 9.86. The number of aromatic nitrogens is 1. The molecule has 1 saturated heterocycles. The highest BCUT2D eigenvalue weighted by Crippen LogP contribution is 2.42. The second-order valence-electron chi connectivity index (χ2n) is 23.6. The van der Waals surface area contributed by atoms with Gasteiger partial charge in [0.2, 0.25) is 11.2 Å². The number of Topliss-reactive ketones (excluding diaryl/α,β-unsaturated/α-hetero) is 1. The minimum absolute atomic E-state index is 0.0145. The van der Waals surface area contributed by atoms with Gasteiger partial charge in [0, 0.05) is 36.5 Å². The van der Waals surface area contributed by atoms with Crippen LogP contribution < -0.4 is 10.3 Å². The van der Waals surface area contributed by atoms with Crippen LogP contribution in [0.3, 0.4) is 0 Å². The van der Waals surface area contributed by atoms with Crippen LogP contribution in [0.2, 0.25) is 18.1 Å². The molecule has 80 heavy (non-hydrogen) atoms. The average molecular weight is 1100 g/mol. The van der Waals surface area contributed by atoms with Gasteiger partial charge >= 0.3 is 12.1 Å². The Kier molecular flexibility index (Phi) is 18.7. The first-order valence-corrected chi connectivity index (χ1v) is 30.6. The Morgan fingerprint density at radius 3 is 1.98 bits per heavy atom. The number of aromatic hydroxyl groups is 1. The van der Waals surface area contributed by atoms with Crippen LogP contribution in [0.5, 0.6) is 11.5 Å². The lowest BCUT2D eigenvalue weighted by molar-refractivity contribution is -0.164. The van der Waals surface area contributed by atoms with Crippen molar-refractivity contribution in [3.63, 3.8) is 0 Å².